The lowest BCUT2D eigenvalue weighted by Gasteiger charge is -2.30. The van der Waals surface area contributed by atoms with Crippen molar-refractivity contribution >= 4 is 0 Å². The molecule has 0 radical (unpaired) electrons. The summed E-state index contributed by atoms with van der Waals surface area (Å²) in [5.41, 5.74) is 3.31. The maximum atomic E-state index is 14.1. The van der Waals surface area contributed by atoms with E-state index in [9.17, 15) is 14.6 Å². The summed E-state index contributed by atoms with van der Waals surface area (Å²) >= 11 is 0. The molecule has 0 amide bonds. The van der Waals surface area contributed by atoms with Crippen LogP contribution in [-0.2, 0) is 4.74 Å². The van der Waals surface area contributed by atoms with Crippen molar-refractivity contribution in [3.63, 3.8) is 0 Å². The number of hydrogen-bond acceptors (Lipinski definition) is 4. The van der Waals surface area contributed by atoms with Crippen molar-refractivity contribution in [3.8, 4) is 16.9 Å². The summed E-state index contributed by atoms with van der Waals surface area (Å²) < 4.78 is 25.4. The Balaban J connectivity index is 1.73. The van der Waals surface area contributed by atoms with Gasteiger partial charge in [0.1, 0.15) is 24.3 Å². The number of aliphatic hydroxyl groups is 2. The lowest BCUT2D eigenvalue weighted by molar-refractivity contribution is -0.129. The fourth-order valence-corrected chi connectivity index (χ4v) is 3.24. The summed E-state index contributed by atoms with van der Waals surface area (Å²) in [4.78, 5) is 0. The molecule has 1 saturated heterocycles. The lowest BCUT2D eigenvalue weighted by atomic mass is 9.95. The van der Waals surface area contributed by atoms with Gasteiger partial charge in [-0.3, -0.25) is 0 Å². The van der Waals surface area contributed by atoms with E-state index in [0.717, 1.165) is 16.7 Å². The number of benzene rings is 2. The van der Waals surface area contributed by atoms with Crippen LogP contribution in [0.5, 0.6) is 5.75 Å². The zero-order valence-electron chi connectivity index (χ0n) is 14.4. The molecule has 0 aromatic heterocycles. The highest BCUT2D eigenvalue weighted by atomic mass is 19.1. The molecule has 3 rings (SSSR count). The largest absolute Gasteiger partial charge is 0.491 e. The molecule has 134 valence electrons. The van der Waals surface area contributed by atoms with Crippen LogP contribution >= 0.6 is 0 Å². The van der Waals surface area contributed by atoms with Gasteiger partial charge in [-0.15, -0.1) is 0 Å². The first-order valence-electron chi connectivity index (χ1n) is 8.42. The Bertz CT molecular complexity index is 723. The van der Waals surface area contributed by atoms with E-state index in [1.807, 2.05) is 32.0 Å². The van der Waals surface area contributed by atoms with Crippen LogP contribution in [0.15, 0.2) is 36.4 Å². The van der Waals surface area contributed by atoms with Gasteiger partial charge in [0.05, 0.1) is 18.8 Å². The first-order chi connectivity index (χ1) is 12.0. The van der Waals surface area contributed by atoms with Gasteiger partial charge in [0.15, 0.2) is 0 Å². The maximum Gasteiger partial charge on any atom is 0.131 e. The fourth-order valence-electron chi connectivity index (χ4n) is 3.24. The van der Waals surface area contributed by atoms with Gasteiger partial charge in [0.2, 0.25) is 0 Å². The Hall–Kier alpha value is -1.95. The maximum absolute atomic E-state index is 14.1. The number of aryl methyl sites for hydroxylation is 2. The van der Waals surface area contributed by atoms with Crippen LogP contribution in [0.1, 0.15) is 17.5 Å². The second-order valence-corrected chi connectivity index (χ2v) is 6.55. The SMILES string of the molecule is Cc1cc(OC[C@@H]2C[C@H](O)[C@H](O)CO2)cc(C)c1-c1ccccc1F. The number of aliphatic hydroxyl groups excluding tert-OH is 2. The molecule has 1 aliphatic heterocycles. The zero-order valence-corrected chi connectivity index (χ0v) is 14.4. The molecule has 1 heterocycles. The van der Waals surface area contributed by atoms with E-state index in [2.05, 4.69) is 0 Å². The quantitative estimate of drug-likeness (QED) is 0.894. The van der Waals surface area contributed by atoms with Crippen molar-refractivity contribution in [1.29, 1.82) is 0 Å². The Morgan fingerprint density at radius 3 is 2.44 bits per heavy atom. The summed E-state index contributed by atoms with van der Waals surface area (Å²) in [6.07, 6.45) is -1.53. The molecule has 0 bridgehead atoms. The number of halogens is 1. The van der Waals surface area contributed by atoms with Crippen LogP contribution in [0.3, 0.4) is 0 Å². The van der Waals surface area contributed by atoms with Crippen molar-refractivity contribution < 1.29 is 24.1 Å². The predicted octanol–water partition coefficient (Wildman–Crippen LogP) is 3.00. The van der Waals surface area contributed by atoms with Crippen molar-refractivity contribution in [1.82, 2.24) is 0 Å². The summed E-state index contributed by atoms with van der Waals surface area (Å²) in [6.45, 7) is 4.26. The predicted molar refractivity (Wildman–Crippen MR) is 93.2 cm³/mol. The standard InChI is InChI=1S/C20H23FO4/c1-12-7-14(24-10-15-9-18(22)19(23)11-25-15)8-13(2)20(12)16-5-3-4-6-17(16)21/h3-8,15,18-19,22-23H,9-11H2,1-2H3/t15-,18-,19+/m0/s1. The lowest BCUT2D eigenvalue weighted by Crippen LogP contribution is -2.43. The summed E-state index contributed by atoms with van der Waals surface area (Å²) in [5, 5.41) is 19.2. The summed E-state index contributed by atoms with van der Waals surface area (Å²) in [6, 6.07) is 10.5. The minimum atomic E-state index is -0.833. The first kappa shape index (κ1) is 17.9. The van der Waals surface area contributed by atoms with Gasteiger partial charge in [0.25, 0.3) is 0 Å². The summed E-state index contributed by atoms with van der Waals surface area (Å²) in [7, 11) is 0. The zero-order chi connectivity index (χ0) is 18.0. The molecule has 3 atom stereocenters. The fraction of sp³-hybridized carbons (Fsp3) is 0.400. The van der Waals surface area contributed by atoms with Crippen molar-refractivity contribution in [2.45, 2.75) is 38.6 Å². The van der Waals surface area contributed by atoms with E-state index in [1.54, 1.807) is 12.1 Å². The molecule has 5 heteroatoms. The molecular weight excluding hydrogens is 323 g/mol. The Labute approximate surface area is 146 Å². The van der Waals surface area contributed by atoms with E-state index < -0.39 is 12.2 Å². The third kappa shape index (κ3) is 4.00. The van der Waals surface area contributed by atoms with Crippen LogP contribution in [0.25, 0.3) is 11.1 Å². The average molecular weight is 346 g/mol. The number of hydrogen-bond donors (Lipinski definition) is 2. The molecule has 2 aromatic rings. The normalized spacial score (nSPS) is 23.5. The van der Waals surface area contributed by atoms with Crippen LogP contribution in [0.4, 0.5) is 4.39 Å². The van der Waals surface area contributed by atoms with Gasteiger partial charge in [-0.1, -0.05) is 18.2 Å². The molecule has 0 unspecified atom stereocenters. The minimum Gasteiger partial charge on any atom is -0.491 e. The van der Waals surface area contributed by atoms with Crippen molar-refractivity contribution in [2.75, 3.05) is 13.2 Å². The van der Waals surface area contributed by atoms with Crippen LogP contribution in [-0.4, -0.2) is 41.7 Å². The van der Waals surface area contributed by atoms with E-state index in [-0.39, 0.29) is 18.5 Å². The highest BCUT2D eigenvalue weighted by molar-refractivity contribution is 5.72. The minimum absolute atomic E-state index is 0.111. The van der Waals surface area contributed by atoms with E-state index in [1.165, 1.54) is 6.07 Å². The Kier molecular flexibility index (Phi) is 5.37. The smallest absolute Gasteiger partial charge is 0.131 e. The van der Waals surface area contributed by atoms with Crippen molar-refractivity contribution in [2.24, 2.45) is 0 Å². The van der Waals surface area contributed by atoms with Gasteiger partial charge in [0, 0.05) is 12.0 Å². The van der Waals surface area contributed by atoms with Gasteiger partial charge in [-0.2, -0.15) is 0 Å². The van der Waals surface area contributed by atoms with Crippen molar-refractivity contribution in [3.05, 3.63) is 53.3 Å². The molecule has 0 saturated carbocycles. The van der Waals surface area contributed by atoms with Gasteiger partial charge in [-0.25, -0.2) is 4.39 Å². The number of ether oxygens (including phenoxy) is 2. The van der Waals surface area contributed by atoms with Crippen LogP contribution in [0, 0.1) is 19.7 Å². The molecular formula is C20H23FO4. The third-order valence-corrected chi connectivity index (χ3v) is 4.54. The average Bonchev–Trinajstić information content (AvgIpc) is 2.57. The van der Waals surface area contributed by atoms with Crippen LogP contribution < -0.4 is 4.74 Å². The number of rotatable bonds is 4. The van der Waals surface area contributed by atoms with Gasteiger partial charge < -0.3 is 19.7 Å². The third-order valence-electron chi connectivity index (χ3n) is 4.54. The molecule has 25 heavy (non-hydrogen) atoms. The molecule has 1 aliphatic rings. The second-order valence-electron chi connectivity index (χ2n) is 6.55. The first-order valence-corrected chi connectivity index (χ1v) is 8.42. The molecule has 2 N–H and O–H groups in total. The highest BCUT2D eigenvalue weighted by Crippen LogP contribution is 2.32. The van der Waals surface area contributed by atoms with Crippen LogP contribution in [0.2, 0.25) is 0 Å². The Morgan fingerprint density at radius 1 is 1.12 bits per heavy atom. The Morgan fingerprint density at radius 2 is 1.80 bits per heavy atom. The molecule has 2 aromatic carbocycles. The van der Waals surface area contributed by atoms with E-state index in [4.69, 9.17) is 9.47 Å². The molecule has 1 fully saturated rings. The monoisotopic (exact) mass is 346 g/mol. The molecule has 4 nitrogen and oxygen atoms in total. The van der Waals surface area contributed by atoms with Gasteiger partial charge >= 0.3 is 0 Å². The van der Waals surface area contributed by atoms with Gasteiger partial charge in [-0.05, 0) is 48.7 Å². The highest BCUT2D eigenvalue weighted by Gasteiger charge is 2.28. The van der Waals surface area contributed by atoms with E-state index >= 15 is 0 Å². The molecule has 0 aliphatic carbocycles. The second kappa shape index (κ2) is 7.52. The topological polar surface area (TPSA) is 58.9 Å². The molecule has 0 spiro atoms. The summed E-state index contributed by atoms with van der Waals surface area (Å²) in [5.74, 6) is 0.435. The van der Waals surface area contributed by atoms with E-state index in [0.29, 0.717) is 24.3 Å².